The second kappa shape index (κ2) is 6.75. The minimum Gasteiger partial charge on any atom is -0.482 e. The molecule has 138 valence electrons. The molecule has 0 fully saturated rings. The summed E-state index contributed by atoms with van der Waals surface area (Å²) in [4.78, 5) is 38.0. The van der Waals surface area contributed by atoms with E-state index < -0.39 is 18.2 Å². The third-order valence-electron chi connectivity index (χ3n) is 4.51. The van der Waals surface area contributed by atoms with Crippen LogP contribution in [0.4, 0.5) is 0 Å². The van der Waals surface area contributed by atoms with E-state index in [4.69, 9.17) is 14.2 Å². The molecule has 0 aliphatic carbocycles. The van der Waals surface area contributed by atoms with Crippen LogP contribution < -0.4 is 9.47 Å². The zero-order valence-electron chi connectivity index (χ0n) is 14.6. The first kappa shape index (κ1) is 17.1. The summed E-state index contributed by atoms with van der Waals surface area (Å²) >= 11 is 0. The first-order chi connectivity index (χ1) is 13.1. The fourth-order valence-corrected chi connectivity index (χ4v) is 3.14. The lowest BCUT2D eigenvalue weighted by Crippen LogP contribution is -2.45. The van der Waals surface area contributed by atoms with Crippen LogP contribution >= 0.6 is 0 Å². The fraction of sp³-hybridized carbons (Fsp3) is 0.250. The molecule has 2 atom stereocenters. The zero-order valence-corrected chi connectivity index (χ0v) is 14.6. The van der Waals surface area contributed by atoms with E-state index in [-0.39, 0.29) is 25.0 Å². The third-order valence-corrected chi connectivity index (χ3v) is 4.51. The van der Waals surface area contributed by atoms with Crippen molar-refractivity contribution in [2.75, 3.05) is 13.2 Å². The summed E-state index contributed by atoms with van der Waals surface area (Å²) in [6.45, 7) is 1.58. The molecule has 7 nitrogen and oxygen atoms in total. The molecule has 7 heteroatoms. The highest BCUT2D eigenvalue weighted by molar-refractivity contribution is 6.21. The lowest BCUT2D eigenvalue weighted by molar-refractivity contribution is -0.157. The summed E-state index contributed by atoms with van der Waals surface area (Å²) in [6, 6.07) is 13.7. The van der Waals surface area contributed by atoms with E-state index >= 15 is 0 Å². The fourth-order valence-electron chi connectivity index (χ4n) is 3.14. The molecule has 4 rings (SSSR count). The molecule has 0 radical (unpaired) electrons. The Morgan fingerprint density at radius 3 is 2.15 bits per heavy atom. The van der Waals surface area contributed by atoms with E-state index in [1.54, 1.807) is 49.4 Å². The number of nitrogens with zero attached hydrogens (tertiary/aromatic N) is 1. The Balaban J connectivity index is 1.36. The lowest BCUT2D eigenvalue weighted by Gasteiger charge is -2.30. The molecule has 2 aromatic carbocycles. The number of carbonyl (C=O) groups is 3. The Kier molecular flexibility index (Phi) is 4.27. The van der Waals surface area contributed by atoms with Gasteiger partial charge in [-0.1, -0.05) is 24.3 Å². The van der Waals surface area contributed by atoms with Crippen LogP contribution in [0.5, 0.6) is 11.5 Å². The molecular formula is C20H17NO6. The van der Waals surface area contributed by atoms with Crippen molar-refractivity contribution in [1.29, 1.82) is 0 Å². The number of carbonyl (C=O) groups excluding carboxylic acids is 3. The predicted molar refractivity (Wildman–Crippen MR) is 93.7 cm³/mol. The van der Waals surface area contributed by atoms with Crippen LogP contribution in [-0.2, 0) is 9.53 Å². The van der Waals surface area contributed by atoms with Crippen LogP contribution in [0.3, 0.4) is 0 Å². The number of rotatable bonds is 4. The van der Waals surface area contributed by atoms with Gasteiger partial charge in [-0.25, -0.2) is 4.79 Å². The molecule has 0 N–H and O–H groups in total. The summed E-state index contributed by atoms with van der Waals surface area (Å²) in [5.74, 6) is -0.330. The summed E-state index contributed by atoms with van der Waals surface area (Å²) in [5, 5.41) is 0. The standard InChI is InChI=1S/C20H17NO6/c1-12-17(27-16-9-5-4-8-15(16)26-12)20(24)25-11-10-21-18(22)13-6-2-3-7-14(13)19(21)23/h2-9,12,17H,10-11H2,1H3/t12-,17-/m0/s1. The molecule has 0 aromatic heterocycles. The number of imide groups is 1. The van der Waals surface area contributed by atoms with Gasteiger partial charge in [-0.3, -0.25) is 14.5 Å². The summed E-state index contributed by atoms with van der Waals surface area (Å²) in [6.07, 6.45) is -1.44. The number of hydrogen-bond acceptors (Lipinski definition) is 6. The maximum atomic E-state index is 12.4. The summed E-state index contributed by atoms with van der Waals surface area (Å²) < 4.78 is 16.6. The molecule has 0 spiro atoms. The predicted octanol–water partition coefficient (Wildman–Crippen LogP) is 2.05. The molecule has 0 unspecified atom stereocenters. The van der Waals surface area contributed by atoms with Gasteiger partial charge >= 0.3 is 5.97 Å². The molecule has 2 heterocycles. The van der Waals surface area contributed by atoms with Crippen LogP contribution in [0, 0.1) is 0 Å². The van der Waals surface area contributed by atoms with Crippen molar-refractivity contribution in [3.8, 4) is 11.5 Å². The first-order valence-corrected chi connectivity index (χ1v) is 8.60. The Morgan fingerprint density at radius 2 is 1.52 bits per heavy atom. The Morgan fingerprint density at radius 1 is 0.963 bits per heavy atom. The van der Waals surface area contributed by atoms with Crippen molar-refractivity contribution < 1.29 is 28.6 Å². The average molecular weight is 367 g/mol. The quantitative estimate of drug-likeness (QED) is 0.608. The van der Waals surface area contributed by atoms with Crippen molar-refractivity contribution in [2.24, 2.45) is 0 Å². The maximum absolute atomic E-state index is 12.4. The van der Waals surface area contributed by atoms with Gasteiger partial charge in [-0.05, 0) is 31.2 Å². The normalized spacial score (nSPS) is 20.4. The van der Waals surface area contributed by atoms with Crippen LogP contribution in [0.1, 0.15) is 27.6 Å². The van der Waals surface area contributed by atoms with Crippen LogP contribution in [0.2, 0.25) is 0 Å². The summed E-state index contributed by atoms with van der Waals surface area (Å²) in [7, 11) is 0. The Labute approximate surface area is 155 Å². The SMILES string of the molecule is C[C@@H]1Oc2ccccc2O[C@@H]1C(=O)OCCN1C(=O)c2ccccc2C1=O. The molecule has 2 aromatic rings. The van der Waals surface area contributed by atoms with E-state index in [9.17, 15) is 14.4 Å². The molecule has 2 aliphatic heterocycles. The number of benzene rings is 2. The van der Waals surface area contributed by atoms with Crippen molar-refractivity contribution >= 4 is 17.8 Å². The topological polar surface area (TPSA) is 82.1 Å². The monoisotopic (exact) mass is 367 g/mol. The Hall–Kier alpha value is -3.35. The van der Waals surface area contributed by atoms with Gasteiger partial charge in [0.25, 0.3) is 11.8 Å². The highest BCUT2D eigenvalue weighted by atomic mass is 16.6. The van der Waals surface area contributed by atoms with E-state index in [0.717, 1.165) is 4.90 Å². The van der Waals surface area contributed by atoms with Gasteiger partial charge in [0.2, 0.25) is 6.10 Å². The van der Waals surface area contributed by atoms with Gasteiger partial charge in [0.1, 0.15) is 12.7 Å². The van der Waals surface area contributed by atoms with Crippen LogP contribution in [0.25, 0.3) is 0 Å². The molecular weight excluding hydrogens is 350 g/mol. The van der Waals surface area contributed by atoms with Gasteiger partial charge < -0.3 is 14.2 Å². The second-order valence-electron chi connectivity index (χ2n) is 6.28. The molecule has 2 aliphatic rings. The van der Waals surface area contributed by atoms with Gasteiger partial charge in [0, 0.05) is 0 Å². The summed E-state index contributed by atoms with van der Waals surface area (Å²) in [5.41, 5.74) is 0.728. The zero-order chi connectivity index (χ0) is 19.0. The minimum atomic E-state index is -0.915. The molecule has 2 amide bonds. The first-order valence-electron chi connectivity index (χ1n) is 8.60. The van der Waals surface area contributed by atoms with E-state index in [2.05, 4.69) is 0 Å². The molecule has 0 bridgehead atoms. The van der Waals surface area contributed by atoms with Crippen molar-refractivity contribution in [3.05, 3.63) is 59.7 Å². The lowest BCUT2D eigenvalue weighted by atomic mass is 10.1. The third kappa shape index (κ3) is 3.01. The van der Waals surface area contributed by atoms with Crippen molar-refractivity contribution in [2.45, 2.75) is 19.1 Å². The van der Waals surface area contributed by atoms with Gasteiger partial charge in [-0.2, -0.15) is 0 Å². The molecule has 27 heavy (non-hydrogen) atoms. The van der Waals surface area contributed by atoms with Gasteiger partial charge in [0.15, 0.2) is 11.5 Å². The van der Waals surface area contributed by atoms with Crippen molar-refractivity contribution in [1.82, 2.24) is 4.90 Å². The number of hydrogen-bond donors (Lipinski definition) is 0. The number of esters is 1. The van der Waals surface area contributed by atoms with Crippen LogP contribution in [-0.4, -0.2) is 48.0 Å². The average Bonchev–Trinajstić information content (AvgIpc) is 2.92. The van der Waals surface area contributed by atoms with Crippen molar-refractivity contribution in [3.63, 3.8) is 0 Å². The van der Waals surface area contributed by atoms with E-state index in [0.29, 0.717) is 22.6 Å². The number of amides is 2. The Bertz CT molecular complexity index is 889. The van der Waals surface area contributed by atoms with Gasteiger partial charge in [0.05, 0.1) is 17.7 Å². The van der Waals surface area contributed by atoms with Gasteiger partial charge in [-0.15, -0.1) is 0 Å². The highest BCUT2D eigenvalue weighted by Gasteiger charge is 2.37. The number of fused-ring (bicyclic) bond motifs is 2. The van der Waals surface area contributed by atoms with E-state index in [1.807, 2.05) is 6.07 Å². The van der Waals surface area contributed by atoms with E-state index in [1.165, 1.54) is 0 Å². The number of ether oxygens (including phenoxy) is 3. The minimum absolute atomic E-state index is 0.0172. The largest absolute Gasteiger partial charge is 0.482 e. The highest BCUT2D eigenvalue weighted by Crippen LogP contribution is 2.33. The second-order valence-corrected chi connectivity index (χ2v) is 6.28. The smallest absolute Gasteiger partial charge is 0.351 e. The molecule has 0 saturated heterocycles. The number of para-hydroxylation sites is 2. The maximum Gasteiger partial charge on any atom is 0.351 e. The van der Waals surface area contributed by atoms with Crippen LogP contribution in [0.15, 0.2) is 48.5 Å². The molecule has 0 saturated carbocycles.